The smallest absolute Gasteiger partial charge is 0.278 e. The Labute approximate surface area is 98.9 Å². The van der Waals surface area contributed by atoms with E-state index in [4.69, 9.17) is 5.73 Å². The highest BCUT2D eigenvalue weighted by Gasteiger charge is 2.16. The number of aromatic nitrogens is 2. The van der Waals surface area contributed by atoms with Gasteiger partial charge in [-0.05, 0) is 31.2 Å². The molecule has 6 nitrogen and oxygen atoms in total. The van der Waals surface area contributed by atoms with Gasteiger partial charge in [0, 0.05) is 11.4 Å². The number of nitrogens with two attached hydrogens (primary N) is 1. The van der Waals surface area contributed by atoms with Crippen molar-refractivity contribution in [1.29, 1.82) is 0 Å². The number of aromatic amines is 1. The number of imidazole rings is 1. The average molecular weight is 252 g/mol. The maximum atomic E-state index is 11.9. The molecule has 0 aliphatic rings. The number of nitrogens with one attached hydrogen (secondary N) is 2. The first-order chi connectivity index (χ1) is 7.97. The standard InChI is InChI=1S/C10H12N4O2S/c1-7-12-6-10(13-7)17(15,16)14-9-4-2-8(11)3-5-9/h2-6,14H,11H2,1H3,(H,12,13). The number of nitrogens with zero attached hydrogens (tertiary/aromatic N) is 1. The van der Waals surface area contributed by atoms with Crippen LogP contribution < -0.4 is 10.5 Å². The number of sulfonamides is 1. The molecule has 0 amide bonds. The Morgan fingerprint density at radius 3 is 2.47 bits per heavy atom. The first-order valence-electron chi connectivity index (χ1n) is 4.87. The van der Waals surface area contributed by atoms with E-state index in [0.29, 0.717) is 17.2 Å². The number of rotatable bonds is 3. The minimum absolute atomic E-state index is 0.0341. The second-order valence-corrected chi connectivity index (χ2v) is 5.21. The predicted octanol–water partition coefficient (Wildman–Crippen LogP) is 1.10. The molecule has 0 bridgehead atoms. The van der Waals surface area contributed by atoms with Gasteiger partial charge in [-0.1, -0.05) is 0 Å². The number of H-pyrrole nitrogens is 1. The van der Waals surface area contributed by atoms with Crippen molar-refractivity contribution in [3.63, 3.8) is 0 Å². The van der Waals surface area contributed by atoms with Gasteiger partial charge in [0.2, 0.25) is 0 Å². The van der Waals surface area contributed by atoms with Gasteiger partial charge in [-0.2, -0.15) is 8.42 Å². The first-order valence-corrected chi connectivity index (χ1v) is 6.36. The molecule has 0 fully saturated rings. The quantitative estimate of drug-likeness (QED) is 0.712. The van der Waals surface area contributed by atoms with E-state index < -0.39 is 10.0 Å². The van der Waals surface area contributed by atoms with Crippen LogP contribution >= 0.6 is 0 Å². The third-order valence-corrected chi connectivity index (χ3v) is 3.42. The van der Waals surface area contributed by atoms with Gasteiger partial charge < -0.3 is 10.7 Å². The Morgan fingerprint density at radius 2 is 1.94 bits per heavy atom. The van der Waals surface area contributed by atoms with Gasteiger partial charge >= 0.3 is 0 Å². The van der Waals surface area contributed by atoms with E-state index in [1.54, 1.807) is 31.2 Å². The van der Waals surface area contributed by atoms with E-state index in [-0.39, 0.29) is 5.03 Å². The highest BCUT2D eigenvalue weighted by Crippen LogP contribution is 2.15. The van der Waals surface area contributed by atoms with E-state index in [1.807, 2.05) is 0 Å². The summed E-state index contributed by atoms with van der Waals surface area (Å²) in [5.74, 6) is 0.544. The first kappa shape index (κ1) is 11.5. The molecular formula is C10H12N4O2S. The molecule has 17 heavy (non-hydrogen) atoms. The molecule has 0 atom stereocenters. The maximum Gasteiger partial charge on any atom is 0.278 e. The Hall–Kier alpha value is -2.02. The second-order valence-electron chi connectivity index (χ2n) is 3.56. The number of benzene rings is 1. The van der Waals surface area contributed by atoms with Crippen molar-refractivity contribution in [3.05, 3.63) is 36.3 Å². The van der Waals surface area contributed by atoms with Gasteiger partial charge in [-0.15, -0.1) is 0 Å². The maximum absolute atomic E-state index is 11.9. The lowest BCUT2D eigenvalue weighted by molar-refractivity contribution is 0.598. The number of anilines is 2. The number of hydrogen-bond acceptors (Lipinski definition) is 4. The summed E-state index contributed by atoms with van der Waals surface area (Å²) in [6.45, 7) is 1.68. The van der Waals surface area contributed by atoms with Crippen LogP contribution in [0, 0.1) is 6.92 Å². The molecule has 0 saturated carbocycles. The van der Waals surface area contributed by atoms with Crippen LogP contribution in [-0.4, -0.2) is 18.4 Å². The summed E-state index contributed by atoms with van der Waals surface area (Å²) in [5.41, 5.74) is 6.54. The summed E-state index contributed by atoms with van der Waals surface area (Å²) in [7, 11) is -3.61. The van der Waals surface area contributed by atoms with Crippen LogP contribution in [0.3, 0.4) is 0 Å². The molecule has 2 rings (SSSR count). The lowest BCUT2D eigenvalue weighted by Gasteiger charge is -2.05. The molecule has 0 radical (unpaired) electrons. The van der Waals surface area contributed by atoms with Gasteiger partial charge in [0.05, 0.1) is 6.20 Å². The molecule has 1 aromatic carbocycles. The molecule has 2 aromatic rings. The third-order valence-electron chi connectivity index (χ3n) is 2.13. The predicted molar refractivity (Wildman–Crippen MR) is 65.0 cm³/mol. The Kier molecular flexibility index (Phi) is 2.76. The Bertz CT molecular complexity index is 616. The van der Waals surface area contributed by atoms with Crippen LogP contribution in [0.2, 0.25) is 0 Å². The molecule has 0 aliphatic heterocycles. The molecule has 4 N–H and O–H groups in total. The zero-order chi connectivity index (χ0) is 12.5. The molecule has 0 unspecified atom stereocenters. The van der Waals surface area contributed by atoms with Gasteiger partial charge in [-0.3, -0.25) is 4.72 Å². The molecule has 1 heterocycles. The lowest BCUT2D eigenvalue weighted by Crippen LogP contribution is -2.13. The van der Waals surface area contributed by atoms with Crippen molar-refractivity contribution in [2.75, 3.05) is 10.5 Å². The summed E-state index contributed by atoms with van der Waals surface area (Å²) in [6, 6.07) is 6.43. The zero-order valence-corrected chi connectivity index (χ0v) is 9.95. The van der Waals surface area contributed by atoms with Gasteiger partial charge in [-0.25, -0.2) is 4.98 Å². The number of aryl methyl sites for hydroxylation is 1. The molecule has 0 saturated heterocycles. The molecule has 7 heteroatoms. The molecule has 1 aromatic heterocycles. The summed E-state index contributed by atoms with van der Waals surface area (Å²) in [5, 5.41) is 0.0341. The molecule has 90 valence electrons. The van der Waals surface area contributed by atoms with Crippen LogP contribution in [0.5, 0.6) is 0 Å². The largest absolute Gasteiger partial charge is 0.399 e. The van der Waals surface area contributed by atoms with Gasteiger partial charge in [0.1, 0.15) is 5.82 Å². The van der Waals surface area contributed by atoms with Gasteiger partial charge in [0.15, 0.2) is 5.03 Å². The summed E-state index contributed by atoms with van der Waals surface area (Å²) in [6.07, 6.45) is 1.27. The lowest BCUT2D eigenvalue weighted by atomic mass is 10.3. The summed E-state index contributed by atoms with van der Waals surface area (Å²) < 4.78 is 26.2. The van der Waals surface area contributed by atoms with Crippen molar-refractivity contribution >= 4 is 21.4 Å². The van der Waals surface area contributed by atoms with Crippen molar-refractivity contribution in [3.8, 4) is 0 Å². The SMILES string of the molecule is Cc1ncc(S(=O)(=O)Nc2ccc(N)cc2)[nH]1. The van der Waals surface area contributed by atoms with E-state index in [2.05, 4.69) is 14.7 Å². The normalized spacial score (nSPS) is 11.4. The summed E-state index contributed by atoms with van der Waals surface area (Å²) in [4.78, 5) is 6.51. The second kappa shape index (κ2) is 4.10. The van der Waals surface area contributed by atoms with E-state index >= 15 is 0 Å². The number of nitrogen functional groups attached to an aromatic ring is 1. The number of hydrogen-bond donors (Lipinski definition) is 3. The molecular weight excluding hydrogens is 240 g/mol. The third kappa shape index (κ3) is 2.56. The van der Waals surface area contributed by atoms with Crippen LogP contribution in [-0.2, 0) is 10.0 Å². The fraction of sp³-hybridized carbons (Fsp3) is 0.100. The average Bonchev–Trinajstić information content (AvgIpc) is 2.69. The van der Waals surface area contributed by atoms with Crippen molar-refractivity contribution in [1.82, 2.24) is 9.97 Å². The van der Waals surface area contributed by atoms with Crippen molar-refractivity contribution < 1.29 is 8.42 Å². The van der Waals surface area contributed by atoms with Crippen molar-refractivity contribution in [2.24, 2.45) is 0 Å². The molecule has 0 spiro atoms. The molecule has 0 aliphatic carbocycles. The minimum atomic E-state index is -3.61. The topological polar surface area (TPSA) is 101 Å². The fourth-order valence-electron chi connectivity index (χ4n) is 1.30. The fourth-order valence-corrected chi connectivity index (χ4v) is 2.33. The van der Waals surface area contributed by atoms with E-state index in [0.717, 1.165) is 0 Å². The van der Waals surface area contributed by atoms with Crippen LogP contribution in [0.15, 0.2) is 35.5 Å². The van der Waals surface area contributed by atoms with Crippen LogP contribution in [0.4, 0.5) is 11.4 Å². The van der Waals surface area contributed by atoms with E-state index in [9.17, 15) is 8.42 Å². The Balaban J connectivity index is 2.26. The monoisotopic (exact) mass is 252 g/mol. The van der Waals surface area contributed by atoms with Crippen LogP contribution in [0.1, 0.15) is 5.82 Å². The highest BCUT2D eigenvalue weighted by atomic mass is 32.2. The Morgan fingerprint density at radius 1 is 1.29 bits per heavy atom. The minimum Gasteiger partial charge on any atom is -0.399 e. The van der Waals surface area contributed by atoms with Gasteiger partial charge in [0.25, 0.3) is 10.0 Å². The van der Waals surface area contributed by atoms with E-state index in [1.165, 1.54) is 6.20 Å². The summed E-state index contributed by atoms with van der Waals surface area (Å²) >= 11 is 0. The van der Waals surface area contributed by atoms with Crippen LogP contribution in [0.25, 0.3) is 0 Å². The highest BCUT2D eigenvalue weighted by molar-refractivity contribution is 7.92. The zero-order valence-electron chi connectivity index (χ0n) is 9.14. The van der Waals surface area contributed by atoms with Crippen molar-refractivity contribution in [2.45, 2.75) is 11.9 Å².